The van der Waals surface area contributed by atoms with Crippen molar-refractivity contribution in [3.05, 3.63) is 101 Å². The lowest BCUT2D eigenvalue weighted by atomic mass is 9.96. The summed E-state index contributed by atoms with van der Waals surface area (Å²) < 4.78 is 2.18. The minimum absolute atomic E-state index is 0.108. The summed E-state index contributed by atoms with van der Waals surface area (Å²) in [6.45, 7) is 4.16. The van der Waals surface area contributed by atoms with Crippen LogP contribution < -0.4 is 10.2 Å². The first kappa shape index (κ1) is 21.4. The van der Waals surface area contributed by atoms with Crippen molar-refractivity contribution >= 4 is 34.6 Å². The van der Waals surface area contributed by atoms with Gasteiger partial charge < -0.3 is 19.9 Å². The van der Waals surface area contributed by atoms with E-state index in [1.807, 2.05) is 41.4 Å². The molecule has 1 saturated heterocycles. The third kappa shape index (κ3) is 3.73. The van der Waals surface area contributed by atoms with Crippen molar-refractivity contribution in [3.63, 3.8) is 0 Å². The largest absolute Gasteiger partial charge is 0.506 e. The molecule has 1 aliphatic heterocycles. The van der Waals surface area contributed by atoms with Crippen LogP contribution in [-0.2, 0) is 0 Å². The second-order valence-electron chi connectivity index (χ2n) is 8.00. The summed E-state index contributed by atoms with van der Waals surface area (Å²) in [6.07, 6.45) is 5.38. The Morgan fingerprint density at radius 1 is 1.06 bits per heavy atom. The van der Waals surface area contributed by atoms with Crippen LogP contribution in [0.2, 0.25) is 5.02 Å². The van der Waals surface area contributed by atoms with Crippen molar-refractivity contribution in [2.45, 2.75) is 25.9 Å². The van der Waals surface area contributed by atoms with Crippen LogP contribution in [0.25, 0.3) is 5.69 Å². The third-order valence-corrected chi connectivity index (χ3v) is 6.54. The number of nitrogens with zero attached hydrogens (tertiary/aromatic N) is 4. The molecule has 0 radical (unpaired) electrons. The van der Waals surface area contributed by atoms with Crippen LogP contribution in [0.3, 0.4) is 0 Å². The smallest absolute Gasteiger partial charge is 0.174 e. The van der Waals surface area contributed by atoms with E-state index in [1.165, 1.54) is 0 Å². The molecule has 1 aliphatic rings. The molecule has 1 fully saturated rings. The Kier molecular flexibility index (Phi) is 5.52. The molecule has 3 aromatic heterocycles. The van der Waals surface area contributed by atoms with Crippen LogP contribution in [0.4, 0.5) is 5.69 Å². The van der Waals surface area contributed by atoms with Gasteiger partial charge in [-0.05, 0) is 80.2 Å². The standard InChI is InChI=1S/C25H22ClN5OS/c1-15-12-19(16(2)30(15)18-6-5-10-27-14-18)24-23(20-7-3-4-11-28-20)29-25(33)31(24)21-13-17(26)8-9-22(21)32/h3-14,23-24,32H,1-2H3,(H,29,33)/t23-,24-/m1/s1. The molecule has 0 aliphatic carbocycles. The molecular weight excluding hydrogens is 454 g/mol. The fraction of sp³-hybridized carbons (Fsp3) is 0.160. The molecule has 8 heteroatoms. The summed E-state index contributed by atoms with van der Waals surface area (Å²) in [5.74, 6) is 0.108. The highest BCUT2D eigenvalue weighted by Crippen LogP contribution is 2.46. The van der Waals surface area contributed by atoms with Crippen molar-refractivity contribution < 1.29 is 5.11 Å². The van der Waals surface area contributed by atoms with Gasteiger partial charge in [-0.1, -0.05) is 17.7 Å². The van der Waals surface area contributed by atoms with Crippen molar-refractivity contribution in [2.75, 3.05) is 4.90 Å². The van der Waals surface area contributed by atoms with E-state index >= 15 is 0 Å². The number of pyridine rings is 2. The van der Waals surface area contributed by atoms with E-state index in [0.29, 0.717) is 15.8 Å². The van der Waals surface area contributed by atoms with E-state index in [-0.39, 0.29) is 17.8 Å². The molecule has 0 saturated carbocycles. The van der Waals surface area contributed by atoms with Gasteiger partial charge in [0.1, 0.15) is 5.75 Å². The molecule has 5 rings (SSSR count). The average Bonchev–Trinajstić information content (AvgIpc) is 3.31. The van der Waals surface area contributed by atoms with Crippen molar-refractivity contribution in [1.82, 2.24) is 19.9 Å². The normalized spacial score (nSPS) is 17.9. The first-order valence-corrected chi connectivity index (χ1v) is 11.3. The highest BCUT2D eigenvalue weighted by atomic mass is 35.5. The highest BCUT2D eigenvalue weighted by molar-refractivity contribution is 7.80. The number of benzene rings is 1. The molecule has 0 spiro atoms. The van der Waals surface area contributed by atoms with Crippen LogP contribution in [0.5, 0.6) is 5.75 Å². The highest BCUT2D eigenvalue weighted by Gasteiger charge is 2.43. The summed E-state index contributed by atoms with van der Waals surface area (Å²) in [5.41, 5.74) is 5.60. The van der Waals surface area contributed by atoms with E-state index in [0.717, 1.165) is 28.3 Å². The van der Waals surface area contributed by atoms with Gasteiger partial charge in [-0.2, -0.15) is 0 Å². The lowest BCUT2D eigenvalue weighted by Gasteiger charge is -2.28. The fourth-order valence-electron chi connectivity index (χ4n) is 4.59. The zero-order valence-corrected chi connectivity index (χ0v) is 19.7. The number of hydrogen-bond acceptors (Lipinski definition) is 4. The zero-order valence-electron chi connectivity index (χ0n) is 18.1. The Labute approximate surface area is 202 Å². The Balaban J connectivity index is 1.71. The number of rotatable bonds is 4. The lowest BCUT2D eigenvalue weighted by Crippen LogP contribution is -2.29. The maximum Gasteiger partial charge on any atom is 0.174 e. The van der Waals surface area contributed by atoms with E-state index in [1.54, 1.807) is 30.6 Å². The van der Waals surface area contributed by atoms with Crippen molar-refractivity contribution in [1.29, 1.82) is 0 Å². The quantitative estimate of drug-likeness (QED) is 0.384. The second-order valence-corrected chi connectivity index (χ2v) is 8.83. The van der Waals surface area contributed by atoms with Gasteiger partial charge in [0.15, 0.2) is 5.11 Å². The Hall–Kier alpha value is -3.42. The molecule has 1 aromatic carbocycles. The summed E-state index contributed by atoms with van der Waals surface area (Å²) >= 11 is 12.1. The number of phenols is 1. The molecule has 2 N–H and O–H groups in total. The minimum atomic E-state index is -0.256. The van der Waals surface area contributed by atoms with Gasteiger partial charge in [0.25, 0.3) is 0 Å². The Morgan fingerprint density at radius 3 is 2.64 bits per heavy atom. The van der Waals surface area contributed by atoms with E-state index in [9.17, 15) is 5.11 Å². The van der Waals surface area contributed by atoms with Crippen LogP contribution >= 0.6 is 23.8 Å². The number of anilines is 1. The molecular formula is C25H22ClN5OS. The van der Waals surface area contributed by atoms with Gasteiger partial charge >= 0.3 is 0 Å². The molecule has 0 unspecified atom stereocenters. The number of nitrogens with one attached hydrogen (secondary N) is 1. The van der Waals surface area contributed by atoms with E-state index < -0.39 is 0 Å². The Bertz CT molecular complexity index is 1330. The summed E-state index contributed by atoms with van der Waals surface area (Å²) in [4.78, 5) is 10.8. The second kappa shape index (κ2) is 8.50. The molecule has 0 bridgehead atoms. The number of hydrogen-bond donors (Lipinski definition) is 2. The van der Waals surface area contributed by atoms with Gasteiger partial charge in [-0.25, -0.2) is 0 Å². The molecule has 33 heavy (non-hydrogen) atoms. The summed E-state index contributed by atoms with van der Waals surface area (Å²) in [5, 5.41) is 15.2. The maximum absolute atomic E-state index is 10.7. The number of phenolic OH excluding ortho intramolecular Hbond substituents is 1. The number of aromatic hydroxyl groups is 1. The monoisotopic (exact) mass is 475 g/mol. The zero-order chi connectivity index (χ0) is 23.1. The average molecular weight is 476 g/mol. The molecule has 4 heterocycles. The maximum atomic E-state index is 10.7. The minimum Gasteiger partial charge on any atom is -0.506 e. The molecule has 166 valence electrons. The van der Waals surface area contributed by atoms with Crippen LogP contribution in [0.15, 0.2) is 73.2 Å². The van der Waals surface area contributed by atoms with E-state index in [2.05, 4.69) is 39.8 Å². The van der Waals surface area contributed by atoms with Crippen LogP contribution in [0, 0.1) is 13.8 Å². The first-order valence-electron chi connectivity index (χ1n) is 10.5. The topological polar surface area (TPSA) is 66.2 Å². The van der Waals surface area contributed by atoms with Gasteiger partial charge in [0, 0.05) is 28.8 Å². The van der Waals surface area contributed by atoms with Gasteiger partial charge in [0.05, 0.1) is 35.3 Å². The summed E-state index contributed by atoms with van der Waals surface area (Å²) in [6, 6.07) is 16.5. The molecule has 4 aromatic rings. The Morgan fingerprint density at radius 2 is 1.91 bits per heavy atom. The summed E-state index contributed by atoms with van der Waals surface area (Å²) in [7, 11) is 0. The molecule has 2 atom stereocenters. The molecule has 0 amide bonds. The van der Waals surface area contributed by atoms with Gasteiger partial charge in [-0.3, -0.25) is 9.97 Å². The lowest BCUT2D eigenvalue weighted by molar-refractivity contribution is 0.472. The van der Waals surface area contributed by atoms with Crippen molar-refractivity contribution in [2.24, 2.45) is 0 Å². The fourth-order valence-corrected chi connectivity index (χ4v) is 5.10. The molecule has 6 nitrogen and oxygen atoms in total. The SMILES string of the molecule is Cc1cc([C@@H]2[C@@H](c3ccccn3)NC(=S)N2c2cc(Cl)ccc2O)c(C)n1-c1cccnc1. The van der Waals surface area contributed by atoms with Crippen LogP contribution in [0.1, 0.15) is 34.7 Å². The first-order chi connectivity index (χ1) is 16.0. The number of aromatic nitrogens is 3. The number of aryl methyl sites for hydroxylation is 1. The van der Waals surface area contributed by atoms with Gasteiger partial charge in [0.2, 0.25) is 0 Å². The van der Waals surface area contributed by atoms with Crippen molar-refractivity contribution in [3.8, 4) is 11.4 Å². The third-order valence-electron chi connectivity index (χ3n) is 5.99. The number of thiocarbonyl (C=S) groups is 1. The van der Waals surface area contributed by atoms with E-state index in [4.69, 9.17) is 23.8 Å². The van der Waals surface area contributed by atoms with Crippen LogP contribution in [-0.4, -0.2) is 24.8 Å². The number of halogens is 1. The predicted octanol–water partition coefficient (Wildman–Crippen LogP) is 5.42. The predicted molar refractivity (Wildman–Crippen MR) is 134 cm³/mol. The van der Waals surface area contributed by atoms with Gasteiger partial charge in [-0.15, -0.1) is 0 Å².